The Labute approximate surface area is 106 Å². The normalized spacial score (nSPS) is 10.1. The first-order chi connectivity index (χ1) is 8.88. The Hall–Kier alpha value is -2.07. The van der Waals surface area contributed by atoms with Crippen molar-refractivity contribution in [2.24, 2.45) is 0 Å². The molecule has 0 saturated carbocycles. The molecule has 0 aliphatic heterocycles. The molecule has 0 radical (unpaired) electrons. The maximum atomic E-state index is 8.64. The molecule has 0 spiro atoms. The average molecular weight is 245 g/mol. The number of hydrogen-bond donors (Lipinski definition) is 1. The van der Waals surface area contributed by atoms with Crippen LogP contribution in [0, 0.1) is 0 Å². The van der Waals surface area contributed by atoms with E-state index in [0.29, 0.717) is 19.0 Å². The van der Waals surface area contributed by atoms with Crippen molar-refractivity contribution in [3.63, 3.8) is 0 Å². The highest BCUT2D eigenvalue weighted by Crippen LogP contribution is 2.18. The molecule has 2 rings (SSSR count). The Morgan fingerprint density at radius 3 is 2.28 bits per heavy atom. The monoisotopic (exact) mass is 245 g/mol. The standard InChI is InChI=1S/C14H15NO3/c16-9-10-17-13-4-6-14(7-5-13)18-11-12-3-1-2-8-15-12/h1-8,16H,9-11H2. The summed E-state index contributed by atoms with van der Waals surface area (Å²) in [5.41, 5.74) is 0.887. The molecule has 18 heavy (non-hydrogen) atoms. The van der Waals surface area contributed by atoms with Crippen molar-refractivity contribution >= 4 is 0 Å². The molecule has 0 bridgehead atoms. The molecule has 1 N–H and O–H groups in total. The molecule has 1 aromatic carbocycles. The minimum Gasteiger partial charge on any atom is -0.491 e. The smallest absolute Gasteiger partial charge is 0.130 e. The minimum atomic E-state index is 0.0118. The van der Waals surface area contributed by atoms with Crippen molar-refractivity contribution in [3.8, 4) is 11.5 Å². The molecule has 0 aliphatic rings. The van der Waals surface area contributed by atoms with Gasteiger partial charge in [-0.15, -0.1) is 0 Å². The summed E-state index contributed by atoms with van der Waals surface area (Å²) in [4.78, 5) is 4.17. The van der Waals surface area contributed by atoms with E-state index in [2.05, 4.69) is 4.98 Å². The predicted octanol–water partition coefficient (Wildman–Crippen LogP) is 2.03. The zero-order valence-corrected chi connectivity index (χ0v) is 9.95. The van der Waals surface area contributed by atoms with Crippen molar-refractivity contribution < 1.29 is 14.6 Å². The molecule has 0 atom stereocenters. The lowest BCUT2D eigenvalue weighted by molar-refractivity contribution is 0.201. The van der Waals surface area contributed by atoms with Crippen LogP contribution < -0.4 is 9.47 Å². The second-order valence-corrected chi connectivity index (χ2v) is 3.65. The fraction of sp³-hybridized carbons (Fsp3) is 0.214. The lowest BCUT2D eigenvalue weighted by Gasteiger charge is -2.07. The van der Waals surface area contributed by atoms with Gasteiger partial charge in [0, 0.05) is 6.20 Å². The van der Waals surface area contributed by atoms with Gasteiger partial charge in [0.05, 0.1) is 12.3 Å². The van der Waals surface area contributed by atoms with Gasteiger partial charge in [-0.2, -0.15) is 0 Å². The lowest BCUT2D eigenvalue weighted by atomic mass is 10.3. The molecule has 2 aromatic rings. The first-order valence-electron chi connectivity index (χ1n) is 5.75. The number of nitrogens with zero attached hydrogens (tertiary/aromatic N) is 1. The number of benzene rings is 1. The predicted molar refractivity (Wildman–Crippen MR) is 67.6 cm³/mol. The van der Waals surface area contributed by atoms with Crippen LogP contribution in [0.4, 0.5) is 0 Å². The van der Waals surface area contributed by atoms with E-state index in [-0.39, 0.29) is 6.61 Å². The van der Waals surface area contributed by atoms with Crippen LogP contribution in [0.25, 0.3) is 0 Å². The van der Waals surface area contributed by atoms with E-state index >= 15 is 0 Å². The summed E-state index contributed by atoms with van der Waals surface area (Å²) in [6, 6.07) is 13.0. The maximum Gasteiger partial charge on any atom is 0.130 e. The van der Waals surface area contributed by atoms with E-state index in [1.54, 1.807) is 6.20 Å². The van der Waals surface area contributed by atoms with Crippen LogP contribution in [-0.2, 0) is 6.61 Å². The van der Waals surface area contributed by atoms with Gasteiger partial charge < -0.3 is 14.6 Å². The summed E-state index contributed by atoms with van der Waals surface area (Å²) in [6.07, 6.45) is 1.74. The Kier molecular flexibility index (Phi) is 4.55. The molecule has 1 heterocycles. The third kappa shape index (κ3) is 3.75. The Morgan fingerprint density at radius 2 is 1.67 bits per heavy atom. The van der Waals surface area contributed by atoms with E-state index in [0.717, 1.165) is 11.4 Å². The van der Waals surface area contributed by atoms with E-state index < -0.39 is 0 Å². The van der Waals surface area contributed by atoms with E-state index in [9.17, 15) is 0 Å². The van der Waals surface area contributed by atoms with Crippen LogP contribution in [0.3, 0.4) is 0 Å². The van der Waals surface area contributed by atoms with Crippen LogP contribution in [0.5, 0.6) is 11.5 Å². The topological polar surface area (TPSA) is 51.6 Å². The Bertz CT molecular complexity index is 456. The summed E-state index contributed by atoms with van der Waals surface area (Å²) in [6.45, 7) is 0.754. The average Bonchev–Trinajstić information content (AvgIpc) is 2.45. The van der Waals surface area contributed by atoms with E-state index in [1.807, 2.05) is 42.5 Å². The van der Waals surface area contributed by atoms with Crippen molar-refractivity contribution in [3.05, 3.63) is 54.4 Å². The molecule has 94 valence electrons. The van der Waals surface area contributed by atoms with Gasteiger partial charge in [-0.1, -0.05) is 6.07 Å². The molecule has 1 aromatic heterocycles. The number of aromatic nitrogens is 1. The van der Waals surface area contributed by atoms with Gasteiger partial charge in [-0.25, -0.2) is 0 Å². The van der Waals surface area contributed by atoms with Crippen molar-refractivity contribution in [2.45, 2.75) is 6.61 Å². The highest BCUT2D eigenvalue weighted by molar-refractivity contribution is 5.31. The van der Waals surface area contributed by atoms with Crippen LogP contribution in [-0.4, -0.2) is 23.3 Å². The van der Waals surface area contributed by atoms with Crippen molar-refractivity contribution in [1.82, 2.24) is 4.98 Å². The molecular formula is C14H15NO3. The number of pyridine rings is 1. The molecular weight excluding hydrogens is 230 g/mol. The van der Waals surface area contributed by atoms with Crippen LogP contribution >= 0.6 is 0 Å². The van der Waals surface area contributed by atoms with Crippen LogP contribution in [0.15, 0.2) is 48.7 Å². The fourth-order valence-corrected chi connectivity index (χ4v) is 1.44. The maximum absolute atomic E-state index is 8.64. The highest BCUT2D eigenvalue weighted by Gasteiger charge is 1.98. The minimum absolute atomic E-state index is 0.0118. The summed E-state index contributed by atoms with van der Waals surface area (Å²) >= 11 is 0. The van der Waals surface area contributed by atoms with Gasteiger partial charge >= 0.3 is 0 Å². The Balaban J connectivity index is 1.86. The molecule has 0 unspecified atom stereocenters. The number of hydrogen-bond acceptors (Lipinski definition) is 4. The Morgan fingerprint density at radius 1 is 0.944 bits per heavy atom. The number of rotatable bonds is 6. The molecule has 0 amide bonds. The van der Waals surface area contributed by atoms with Gasteiger partial charge in [0.25, 0.3) is 0 Å². The molecule has 0 saturated heterocycles. The third-order valence-corrected chi connectivity index (χ3v) is 2.30. The third-order valence-electron chi connectivity index (χ3n) is 2.30. The summed E-state index contributed by atoms with van der Waals surface area (Å²) < 4.78 is 10.8. The second kappa shape index (κ2) is 6.61. The quantitative estimate of drug-likeness (QED) is 0.846. The number of aliphatic hydroxyl groups is 1. The van der Waals surface area contributed by atoms with E-state index in [1.165, 1.54) is 0 Å². The summed E-state index contributed by atoms with van der Waals surface area (Å²) in [5, 5.41) is 8.64. The van der Waals surface area contributed by atoms with Gasteiger partial charge in [-0.3, -0.25) is 4.98 Å². The van der Waals surface area contributed by atoms with Crippen LogP contribution in [0.2, 0.25) is 0 Å². The van der Waals surface area contributed by atoms with Crippen molar-refractivity contribution in [1.29, 1.82) is 0 Å². The highest BCUT2D eigenvalue weighted by atomic mass is 16.5. The zero-order valence-electron chi connectivity index (χ0n) is 9.95. The zero-order chi connectivity index (χ0) is 12.6. The molecule has 0 aliphatic carbocycles. The van der Waals surface area contributed by atoms with Gasteiger partial charge in [0.1, 0.15) is 24.7 Å². The molecule has 4 nitrogen and oxygen atoms in total. The first kappa shape index (κ1) is 12.4. The molecule has 4 heteroatoms. The fourth-order valence-electron chi connectivity index (χ4n) is 1.44. The largest absolute Gasteiger partial charge is 0.491 e. The molecule has 0 fully saturated rings. The SMILES string of the molecule is OCCOc1ccc(OCc2ccccn2)cc1. The summed E-state index contributed by atoms with van der Waals surface area (Å²) in [7, 11) is 0. The van der Waals surface area contributed by atoms with Gasteiger partial charge in [-0.05, 0) is 36.4 Å². The van der Waals surface area contributed by atoms with Crippen LogP contribution in [0.1, 0.15) is 5.69 Å². The van der Waals surface area contributed by atoms with Gasteiger partial charge in [0.15, 0.2) is 0 Å². The lowest BCUT2D eigenvalue weighted by Crippen LogP contribution is -2.01. The second-order valence-electron chi connectivity index (χ2n) is 3.65. The number of aliphatic hydroxyl groups excluding tert-OH is 1. The van der Waals surface area contributed by atoms with Gasteiger partial charge in [0.2, 0.25) is 0 Å². The summed E-state index contributed by atoms with van der Waals surface area (Å²) in [5.74, 6) is 1.48. The van der Waals surface area contributed by atoms with E-state index in [4.69, 9.17) is 14.6 Å². The number of ether oxygens (including phenoxy) is 2. The van der Waals surface area contributed by atoms with Crippen molar-refractivity contribution in [2.75, 3.05) is 13.2 Å². The first-order valence-corrected chi connectivity index (χ1v) is 5.75.